The number of halogens is 1. The van der Waals surface area contributed by atoms with Crippen molar-refractivity contribution in [3.8, 4) is 0 Å². The Morgan fingerprint density at radius 1 is 1.00 bits per heavy atom. The Kier molecular flexibility index (Phi) is 8.57. The molecule has 9 heteroatoms. The second-order valence-electron chi connectivity index (χ2n) is 11.0. The van der Waals surface area contributed by atoms with E-state index in [4.69, 9.17) is 4.52 Å². The number of aromatic nitrogens is 1. The number of H-pyrrole nitrogens is 1. The van der Waals surface area contributed by atoms with Crippen molar-refractivity contribution >= 4 is 15.7 Å². The molecule has 2 aliphatic heterocycles. The first-order chi connectivity index (χ1) is 18.8. The highest BCUT2D eigenvalue weighted by Crippen LogP contribution is 2.33. The van der Waals surface area contributed by atoms with Crippen LogP contribution in [0.25, 0.3) is 0 Å². The molecule has 0 saturated carbocycles. The average molecular weight is 556 g/mol. The van der Waals surface area contributed by atoms with Crippen LogP contribution >= 0.6 is 0 Å². The van der Waals surface area contributed by atoms with Crippen molar-refractivity contribution in [2.45, 2.75) is 82.0 Å². The van der Waals surface area contributed by atoms with Crippen molar-refractivity contribution in [2.24, 2.45) is 0 Å². The highest BCUT2D eigenvalue weighted by Gasteiger charge is 2.39. The molecule has 3 aromatic rings. The van der Waals surface area contributed by atoms with Gasteiger partial charge in [0.15, 0.2) is 0 Å². The number of aromatic amines is 1. The Bertz CT molecular complexity index is 1400. The van der Waals surface area contributed by atoms with Crippen LogP contribution in [-0.2, 0) is 23.0 Å². The Hall–Kier alpha value is -2.91. The zero-order valence-electron chi connectivity index (χ0n) is 22.5. The summed E-state index contributed by atoms with van der Waals surface area (Å²) in [5, 5.41) is 1.94. The van der Waals surface area contributed by atoms with Crippen molar-refractivity contribution in [3.63, 3.8) is 0 Å². The molecule has 2 aliphatic rings. The topological polar surface area (TPSA) is 86.6 Å². The third-order valence-corrected chi connectivity index (χ3v) is 10.9. The first-order valence-electron chi connectivity index (χ1n) is 14.1. The Morgan fingerprint density at radius 2 is 1.77 bits per heavy atom. The van der Waals surface area contributed by atoms with Gasteiger partial charge < -0.3 is 9.42 Å². The highest BCUT2D eigenvalue weighted by atomic mass is 32.2. The molecule has 2 unspecified atom stereocenters. The summed E-state index contributed by atoms with van der Waals surface area (Å²) < 4.78 is 49.1. The smallest absolute Gasteiger partial charge is 0.280 e. The third kappa shape index (κ3) is 6.47. The molecule has 39 heavy (non-hydrogen) atoms. The molecule has 2 fully saturated rings. The first-order valence-corrected chi connectivity index (χ1v) is 15.6. The lowest BCUT2D eigenvalue weighted by Gasteiger charge is -2.37. The van der Waals surface area contributed by atoms with Crippen molar-refractivity contribution in [3.05, 3.63) is 87.7 Å². The van der Waals surface area contributed by atoms with Crippen molar-refractivity contribution in [1.29, 1.82) is 0 Å². The highest BCUT2D eigenvalue weighted by molar-refractivity contribution is 7.89. The normalized spacial score (nSPS) is 22.3. The Morgan fingerprint density at radius 3 is 2.46 bits per heavy atom. The summed E-state index contributed by atoms with van der Waals surface area (Å²) in [6.45, 7) is 3.43. The summed E-state index contributed by atoms with van der Waals surface area (Å²) >= 11 is 0. The maximum Gasteiger partial charge on any atom is 0.280 e. The quantitative estimate of drug-likeness (QED) is 0.348. The molecule has 1 N–H and O–H groups in total. The zero-order chi connectivity index (χ0) is 27.4. The van der Waals surface area contributed by atoms with Gasteiger partial charge in [0.05, 0.1) is 5.25 Å². The van der Waals surface area contributed by atoms with Crippen LogP contribution in [0.5, 0.6) is 0 Å². The molecule has 0 spiro atoms. The lowest BCUT2D eigenvalue weighted by Crippen LogP contribution is -2.48. The number of hydrogen-bond acceptors (Lipinski definition) is 5. The molecule has 0 aliphatic carbocycles. The third-order valence-electron chi connectivity index (χ3n) is 8.40. The monoisotopic (exact) mass is 555 g/mol. The number of unbranched alkanes of at least 4 members (excludes halogenated alkanes) is 1. The zero-order valence-corrected chi connectivity index (χ0v) is 23.3. The van der Waals surface area contributed by atoms with E-state index in [9.17, 15) is 13.2 Å². The number of sulfonamides is 1. The maximum atomic E-state index is 15.3. The molecule has 2 atom stereocenters. The second-order valence-corrected chi connectivity index (χ2v) is 13.2. The van der Waals surface area contributed by atoms with Gasteiger partial charge in [-0.25, -0.2) is 12.8 Å². The summed E-state index contributed by atoms with van der Waals surface area (Å²) in [4.78, 5) is 13.5. The van der Waals surface area contributed by atoms with E-state index in [-0.39, 0.29) is 29.9 Å². The number of nitrogens with one attached hydrogen (secondary N) is 1. The van der Waals surface area contributed by atoms with Gasteiger partial charge >= 0.3 is 0 Å². The SMILES string of the molecule is CC1CCC(CCCCc2ccccc2)S(=O)(=O)N1Cc1ccc(N2CCC(c3cc(=O)[nH]o3)CC2)cc1F. The van der Waals surface area contributed by atoms with Gasteiger partial charge in [-0.15, -0.1) is 0 Å². The van der Waals surface area contributed by atoms with Crippen LogP contribution in [0.4, 0.5) is 10.1 Å². The van der Waals surface area contributed by atoms with Gasteiger partial charge in [0.25, 0.3) is 5.56 Å². The van der Waals surface area contributed by atoms with E-state index in [2.05, 4.69) is 22.2 Å². The van der Waals surface area contributed by atoms with Crippen LogP contribution in [0, 0.1) is 5.82 Å². The molecule has 2 aromatic carbocycles. The average Bonchev–Trinajstić information content (AvgIpc) is 3.37. The predicted molar refractivity (Wildman–Crippen MR) is 151 cm³/mol. The summed E-state index contributed by atoms with van der Waals surface area (Å²) in [6, 6.07) is 16.8. The molecular formula is C30H38FN3O4S. The lowest BCUT2D eigenvalue weighted by molar-refractivity contribution is 0.275. The summed E-state index contributed by atoms with van der Waals surface area (Å²) in [6.07, 6.45) is 6.47. The number of nitrogens with zero attached hydrogens (tertiary/aromatic N) is 2. The molecule has 0 bridgehead atoms. The summed E-state index contributed by atoms with van der Waals surface area (Å²) in [5.41, 5.74) is 2.24. The van der Waals surface area contributed by atoms with Crippen molar-refractivity contribution < 1.29 is 17.3 Å². The Labute approximate surface area is 230 Å². The fourth-order valence-corrected chi connectivity index (χ4v) is 8.20. The van der Waals surface area contributed by atoms with Crippen LogP contribution in [0.2, 0.25) is 0 Å². The van der Waals surface area contributed by atoms with E-state index in [1.807, 2.05) is 31.2 Å². The lowest BCUT2D eigenvalue weighted by atomic mass is 9.94. The molecule has 0 radical (unpaired) electrons. The minimum absolute atomic E-state index is 0.0602. The predicted octanol–water partition coefficient (Wildman–Crippen LogP) is 5.59. The fourth-order valence-electron chi connectivity index (χ4n) is 6.00. The van der Waals surface area contributed by atoms with E-state index in [0.717, 1.165) is 57.3 Å². The van der Waals surface area contributed by atoms with Gasteiger partial charge in [0.2, 0.25) is 10.0 Å². The molecule has 5 rings (SSSR count). The number of aryl methyl sites for hydroxylation is 1. The largest absolute Gasteiger partial charge is 0.383 e. The van der Waals surface area contributed by atoms with Gasteiger partial charge in [0.1, 0.15) is 11.6 Å². The second kappa shape index (κ2) is 12.1. The van der Waals surface area contributed by atoms with Gasteiger partial charge in [-0.05, 0) is 69.6 Å². The van der Waals surface area contributed by atoms with Gasteiger partial charge in [-0.3, -0.25) is 4.79 Å². The van der Waals surface area contributed by atoms with E-state index in [1.54, 1.807) is 6.07 Å². The number of benzene rings is 2. The molecule has 7 nitrogen and oxygen atoms in total. The number of hydrogen-bond donors (Lipinski definition) is 1. The van der Waals surface area contributed by atoms with Gasteiger partial charge in [-0.2, -0.15) is 9.46 Å². The molecule has 0 amide bonds. The van der Waals surface area contributed by atoms with Crippen molar-refractivity contribution in [2.75, 3.05) is 18.0 Å². The minimum atomic E-state index is -3.51. The van der Waals surface area contributed by atoms with Crippen molar-refractivity contribution in [1.82, 2.24) is 9.46 Å². The minimum Gasteiger partial charge on any atom is -0.383 e. The summed E-state index contributed by atoms with van der Waals surface area (Å²) in [7, 11) is -3.51. The molecule has 3 heterocycles. The standard InChI is InChI=1S/C30H38FN3O4S/c1-22-11-14-27(10-6-5-9-23-7-3-2-4-8-23)39(36,37)34(22)21-25-12-13-26(19-28(25)31)33-17-15-24(16-18-33)29-20-30(35)32-38-29/h2-4,7-8,12-13,19-20,22,24,27H,5-6,9-11,14-18,21H2,1H3,(H,32,35). The maximum absolute atomic E-state index is 15.3. The number of anilines is 1. The van der Waals surface area contributed by atoms with E-state index >= 15 is 4.39 Å². The molecular weight excluding hydrogens is 517 g/mol. The Balaban J connectivity index is 1.18. The fraction of sp³-hybridized carbons (Fsp3) is 0.500. The van der Waals surface area contributed by atoms with Crippen LogP contribution in [0.15, 0.2) is 63.9 Å². The van der Waals surface area contributed by atoms with Gasteiger partial charge in [0, 0.05) is 48.9 Å². The number of rotatable bonds is 9. The first kappa shape index (κ1) is 27.6. The van der Waals surface area contributed by atoms with Gasteiger partial charge in [-0.1, -0.05) is 42.8 Å². The molecule has 2 saturated heterocycles. The van der Waals surface area contributed by atoms with Crippen LogP contribution in [0.1, 0.15) is 74.7 Å². The van der Waals surface area contributed by atoms with E-state index < -0.39 is 15.3 Å². The van der Waals surface area contributed by atoms with Crippen LogP contribution in [0.3, 0.4) is 0 Å². The number of piperidine rings is 1. The molecule has 1 aromatic heterocycles. The van der Waals surface area contributed by atoms with Crippen LogP contribution in [-0.4, -0.2) is 42.3 Å². The van der Waals surface area contributed by atoms with Crippen LogP contribution < -0.4 is 10.5 Å². The molecule has 210 valence electrons. The summed E-state index contributed by atoms with van der Waals surface area (Å²) in [5.74, 6) is 0.465. The van der Waals surface area contributed by atoms with E-state index in [1.165, 1.54) is 22.0 Å². The van der Waals surface area contributed by atoms with E-state index in [0.29, 0.717) is 24.2 Å².